The predicted octanol–water partition coefficient (Wildman–Crippen LogP) is 1.15. The van der Waals surface area contributed by atoms with Crippen molar-refractivity contribution < 1.29 is 0 Å². The van der Waals surface area contributed by atoms with Crippen molar-refractivity contribution in [1.29, 1.82) is 0 Å². The summed E-state index contributed by atoms with van der Waals surface area (Å²) in [5, 5.41) is 8.06. The van der Waals surface area contributed by atoms with Gasteiger partial charge in [-0.2, -0.15) is 0 Å². The standard InChI is InChI=1S/C8H10N4/c1-3-12-7-5-9-4-6(2)8(7)10-11-12/h4-5H,3H2,1-2H3. The molecule has 0 aromatic carbocycles. The molecule has 0 unspecified atom stereocenters. The summed E-state index contributed by atoms with van der Waals surface area (Å²) in [4.78, 5) is 4.09. The first-order chi connectivity index (χ1) is 5.83. The van der Waals surface area contributed by atoms with E-state index in [2.05, 4.69) is 15.3 Å². The van der Waals surface area contributed by atoms with E-state index >= 15 is 0 Å². The van der Waals surface area contributed by atoms with E-state index in [1.54, 1.807) is 12.4 Å². The van der Waals surface area contributed by atoms with E-state index in [1.165, 1.54) is 0 Å². The third-order valence-electron chi connectivity index (χ3n) is 1.91. The number of aryl methyl sites for hydroxylation is 2. The molecule has 0 aliphatic rings. The van der Waals surface area contributed by atoms with Crippen LogP contribution in [0.4, 0.5) is 0 Å². The Morgan fingerprint density at radius 3 is 3.00 bits per heavy atom. The van der Waals surface area contributed by atoms with E-state index in [-0.39, 0.29) is 0 Å². The Balaban J connectivity index is 2.80. The van der Waals surface area contributed by atoms with Crippen molar-refractivity contribution in [3.05, 3.63) is 18.0 Å². The minimum atomic E-state index is 0.835. The molecule has 2 aromatic heterocycles. The fourth-order valence-electron chi connectivity index (χ4n) is 1.24. The van der Waals surface area contributed by atoms with Crippen LogP contribution in [0.15, 0.2) is 12.4 Å². The maximum Gasteiger partial charge on any atom is 0.119 e. The van der Waals surface area contributed by atoms with E-state index in [4.69, 9.17) is 0 Å². The zero-order valence-corrected chi connectivity index (χ0v) is 7.15. The lowest BCUT2D eigenvalue weighted by Gasteiger charge is -1.95. The quantitative estimate of drug-likeness (QED) is 0.631. The molecule has 0 radical (unpaired) electrons. The van der Waals surface area contributed by atoms with Crippen LogP contribution in [0.3, 0.4) is 0 Å². The van der Waals surface area contributed by atoms with Crippen molar-refractivity contribution >= 4 is 11.0 Å². The van der Waals surface area contributed by atoms with Crippen molar-refractivity contribution in [1.82, 2.24) is 20.0 Å². The molecular formula is C8H10N4. The third kappa shape index (κ3) is 0.879. The van der Waals surface area contributed by atoms with Gasteiger partial charge in [-0.1, -0.05) is 5.21 Å². The Labute approximate surface area is 70.2 Å². The zero-order valence-electron chi connectivity index (χ0n) is 7.15. The van der Waals surface area contributed by atoms with Crippen LogP contribution in [0.2, 0.25) is 0 Å². The van der Waals surface area contributed by atoms with Crippen molar-refractivity contribution in [3.8, 4) is 0 Å². The molecule has 0 aliphatic carbocycles. The van der Waals surface area contributed by atoms with Gasteiger partial charge in [-0.05, 0) is 19.4 Å². The molecule has 0 saturated heterocycles. The normalized spacial score (nSPS) is 10.8. The van der Waals surface area contributed by atoms with Gasteiger partial charge >= 0.3 is 0 Å². The molecule has 0 atom stereocenters. The van der Waals surface area contributed by atoms with Gasteiger partial charge in [0.05, 0.1) is 6.20 Å². The fraction of sp³-hybridized carbons (Fsp3) is 0.375. The Morgan fingerprint density at radius 1 is 1.42 bits per heavy atom. The summed E-state index contributed by atoms with van der Waals surface area (Å²) in [6.45, 7) is 4.86. The Bertz CT molecular complexity index is 404. The molecule has 0 bridgehead atoms. The summed E-state index contributed by atoms with van der Waals surface area (Å²) in [6.07, 6.45) is 3.60. The average Bonchev–Trinajstić information content (AvgIpc) is 2.49. The first-order valence-electron chi connectivity index (χ1n) is 3.96. The first kappa shape index (κ1) is 7.21. The molecule has 2 rings (SSSR count). The summed E-state index contributed by atoms with van der Waals surface area (Å²) in [7, 11) is 0. The van der Waals surface area contributed by atoms with E-state index in [0.29, 0.717) is 0 Å². The number of pyridine rings is 1. The number of aromatic nitrogens is 4. The van der Waals surface area contributed by atoms with E-state index in [9.17, 15) is 0 Å². The topological polar surface area (TPSA) is 43.6 Å². The lowest BCUT2D eigenvalue weighted by molar-refractivity contribution is 0.646. The molecule has 0 N–H and O–H groups in total. The maximum absolute atomic E-state index is 4.09. The van der Waals surface area contributed by atoms with Gasteiger partial charge < -0.3 is 0 Å². The lowest BCUT2D eigenvalue weighted by atomic mass is 10.3. The molecule has 4 nitrogen and oxygen atoms in total. The molecule has 2 heterocycles. The van der Waals surface area contributed by atoms with Crippen LogP contribution in [0.1, 0.15) is 12.5 Å². The van der Waals surface area contributed by atoms with Crippen LogP contribution < -0.4 is 0 Å². The van der Waals surface area contributed by atoms with Crippen LogP contribution >= 0.6 is 0 Å². The fourth-order valence-corrected chi connectivity index (χ4v) is 1.24. The second kappa shape index (κ2) is 2.55. The van der Waals surface area contributed by atoms with Gasteiger partial charge in [0.15, 0.2) is 0 Å². The molecule has 0 fully saturated rings. The number of fused-ring (bicyclic) bond motifs is 1. The van der Waals surface area contributed by atoms with Gasteiger partial charge in [0.2, 0.25) is 0 Å². The molecule has 12 heavy (non-hydrogen) atoms. The van der Waals surface area contributed by atoms with Crippen molar-refractivity contribution in [2.75, 3.05) is 0 Å². The highest BCUT2D eigenvalue weighted by atomic mass is 15.4. The van der Waals surface area contributed by atoms with Crippen LogP contribution in [-0.4, -0.2) is 20.0 Å². The SMILES string of the molecule is CCn1nnc2c(C)cncc21. The summed E-state index contributed by atoms with van der Waals surface area (Å²) in [5.74, 6) is 0. The Hall–Kier alpha value is -1.45. The van der Waals surface area contributed by atoms with Gasteiger partial charge in [-0.25, -0.2) is 4.68 Å². The molecule has 62 valence electrons. The largest absolute Gasteiger partial charge is 0.262 e. The average molecular weight is 162 g/mol. The number of rotatable bonds is 1. The van der Waals surface area contributed by atoms with Gasteiger partial charge in [0, 0.05) is 12.7 Å². The van der Waals surface area contributed by atoms with E-state index in [0.717, 1.165) is 23.1 Å². The van der Waals surface area contributed by atoms with E-state index < -0.39 is 0 Å². The number of hydrogen-bond donors (Lipinski definition) is 0. The summed E-state index contributed by atoms with van der Waals surface area (Å²) in [5.41, 5.74) is 3.04. The van der Waals surface area contributed by atoms with Crippen molar-refractivity contribution in [3.63, 3.8) is 0 Å². The highest BCUT2D eigenvalue weighted by Crippen LogP contribution is 2.12. The third-order valence-corrected chi connectivity index (χ3v) is 1.91. The number of hydrogen-bond acceptors (Lipinski definition) is 3. The van der Waals surface area contributed by atoms with Gasteiger partial charge in [0.1, 0.15) is 11.0 Å². The Morgan fingerprint density at radius 2 is 2.25 bits per heavy atom. The second-order valence-corrected chi connectivity index (χ2v) is 2.73. The molecule has 0 aliphatic heterocycles. The van der Waals surface area contributed by atoms with Crippen LogP contribution in [0, 0.1) is 6.92 Å². The van der Waals surface area contributed by atoms with E-state index in [1.807, 2.05) is 18.5 Å². The van der Waals surface area contributed by atoms with Crippen LogP contribution in [0.25, 0.3) is 11.0 Å². The van der Waals surface area contributed by atoms with Gasteiger partial charge in [-0.3, -0.25) is 4.98 Å². The minimum absolute atomic E-state index is 0.835. The van der Waals surface area contributed by atoms with Crippen molar-refractivity contribution in [2.45, 2.75) is 20.4 Å². The smallest absolute Gasteiger partial charge is 0.119 e. The second-order valence-electron chi connectivity index (χ2n) is 2.73. The van der Waals surface area contributed by atoms with Crippen molar-refractivity contribution in [2.24, 2.45) is 0 Å². The highest BCUT2D eigenvalue weighted by molar-refractivity contribution is 5.76. The van der Waals surface area contributed by atoms with Crippen LogP contribution in [-0.2, 0) is 6.54 Å². The van der Waals surface area contributed by atoms with Gasteiger partial charge in [0.25, 0.3) is 0 Å². The predicted molar refractivity (Wildman–Crippen MR) is 45.7 cm³/mol. The molecule has 0 amide bonds. The molecule has 4 heteroatoms. The molecule has 0 saturated carbocycles. The van der Waals surface area contributed by atoms with Gasteiger partial charge in [-0.15, -0.1) is 5.10 Å². The summed E-state index contributed by atoms with van der Waals surface area (Å²) in [6, 6.07) is 0. The summed E-state index contributed by atoms with van der Waals surface area (Å²) < 4.78 is 1.84. The monoisotopic (exact) mass is 162 g/mol. The lowest BCUT2D eigenvalue weighted by Crippen LogP contribution is -1.95. The molecule has 0 spiro atoms. The minimum Gasteiger partial charge on any atom is -0.262 e. The molecular weight excluding hydrogens is 152 g/mol. The van der Waals surface area contributed by atoms with Crippen LogP contribution in [0.5, 0.6) is 0 Å². The maximum atomic E-state index is 4.09. The number of nitrogens with zero attached hydrogens (tertiary/aromatic N) is 4. The summed E-state index contributed by atoms with van der Waals surface area (Å²) >= 11 is 0. The zero-order chi connectivity index (χ0) is 8.55. The highest BCUT2D eigenvalue weighted by Gasteiger charge is 2.04. The molecule has 2 aromatic rings. The first-order valence-corrected chi connectivity index (χ1v) is 3.96. The Kier molecular flexibility index (Phi) is 1.53.